The lowest BCUT2D eigenvalue weighted by molar-refractivity contribution is 0.105. The Kier molecular flexibility index (Phi) is 3.52. The minimum atomic E-state index is 0.0309. The van der Waals surface area contributed by atoms with Crippen molar-refractivity contribution in [3.63, 3.8) is 0 Å². The van der Waals surface area contributed by atoms with E-state index in [9.17, 15) is 0 Å². The summed E-state index contributed by atoms with van der Waals surface area (Å²) in [6.45, 7) is 4.25. The first-order valence-electron chi connectivity index (χ1n) is 8.78. The Morgan fingerprint density at radius 3 is 2.76 bits per heavy atom. The molecule has 6 heteroatoms. The third-order valence-corrected chi connectivity index (χ3v) is 5.87. The zero-order valence-electron chi connectivity index (χ0n) is 15.0. The first-order valence-corrected chi connectivity index (χ1v) is 8.78. The predicted octanol–water partition coefficient (Wildman–Crippen LogP) is 1.39. The first-order chi connectivity index (χ1) is 12.0. The molecule has 0 aliphatic heterocycles. The van der Waals surface area contributed by atoms with E-state index in [1.165, 1.54) is 19.3 Å². The van der Waals surface area contributed by atoms with Gasteiger partial charge in [0.2, 0.25) is 5.95 Å². The van der Waals surface area contributed by atoms with Crippen molar-refractivity contribution in [3.05, 3.63) is 28.5 Å². The van der Waals surface area contributed by atoms with Gasteiger partial charge in [0, 0.05) is 41.1 Å². The Bertz CT molecular complexity index is 946. The lowest BCUT2D eigenvalue weighted by atomic mass is 9.52. The molecule has 0 bridgehead atoms. The summed E-state index contributed by atoms with van der Waals surface area (Å²) >= 11 is 0. The summed E-state index contributed by atoms with van der Waals surface area (Å²) in [5.41, 5.74) is 6.85. The summed E-state index contributed by atoms with van der Waals surface area (Å²) in [6, 6.07) is 1.91. The quantitative estimate of drug-likeness (QED) is 0.859. The minimum absolute atomic E-state index is 0.0309. The Labute approximate surface area is 147 Å². The molecule has 1 saturated carbocycles. The molecule has 2 aromatic rings. The van der Waals surface area contributed by atoms with Crippen LogP contribution in [0.4, 0.5) is 5.95 Å². The normalized spacial score (nSPS) is 24.3. The molecular formula is C19H24N6. The number of aliphatic imine (C=N–C) groups is 1. The highest BCUT2D eigenvalue weighted by Gasteiger charge is 2.49. The summed E-state index contributed by atoms with van der Waals surface area (Å²) in [7, 11) is 1.87. The predicted molar refractivity (Wildman–Crippen MR) is 99.9 cm³/mol. The molecule has 2 aliphatic rings. The van der Waals surface area contributed by atoms with Crippen LogP contribution in [0.1, 0.15) is 38.3 Å². The van der Waals surface area contributed by atoms with E-state index in [1.54, 1.807) is 0 Å². The van der Waals surface area contributed by atoms with Crippen LogP contribution in [0.25, 0.3) is 18.0 Å². The van der Waals surface area contributed by atoms with E-state index in [0.29, 0.717) is 5.82 Å². The molecule has 2 heterocycles. The molecule has 2 N–H and O–H groups in total. The summed E-state index contributed by atoms with van der Waals surface area (Å²) in [5, 5.41) is 6.80. The Morgan fingerprint density at radius 1 is 1.32 bits per heavy atom. The Morgan fingerprint density at radius 2 is 2.12 bits per heavy atom. The molecule has 130 valence electrons. The number of nitrogen functional groups attached to an aromatic ring is 1. The molecule has 4 rings (SSSR count). The van der Waals surface area contributed by atoms with E-state index in [-0.39, 0.29) is 16.8 Å². The molecule has 0 saturated heterocycles. The average molecular weight is 336 g/mol. The van der Waals surface area contributed by atoms with Crippen LogP contribution < -0.4 is 16.3 Å². The number of aromatic nitrogens is 4. The van der Waals surface area contributed by atoms with Crippen LogP contribution in [-0.2, 0) is 0 Å². The summed E-state index contributed by atoms with van der Waals surface area (Å²) in [6.07, 6.45) is 13.4. The van der Waals surface area contributed by atoms with Crippen molar-refractivity contribution < 1.29 is 0 Å². The zero-order valence-corrected chi connectivity index (χ0v) is 15.0. The third-order valence-electron chi connectivity index (χ3n) is 5.87. The highest BCUT2D eigenvalue weighted by atomic mass is 15.3. The van der Waals surface area contributed by atoms with Gasteiger partial charge in [-0.15, -0.1) is 0 Å². The van der Waals surface area contributed by atoms with Crippen molar-refractivity contribution in [2.45, 2.75) is 39.5 Å². The van der Waals surface area contributed by atoms with Crippen molar-refractivity contribution in [2.24, 2.45) is 15.8 Å². The molecule has 0 aromatic carbocycles. The van der Waals surface area contributed by atoms with Crippen LogP contribution in [0, 0.1) is 17.8 Å². The number of hydrogen-bond donors (Lipinski definition) is 1. The van der Waals surface area contributed by atoms with Gasteiger partial charge in [-0.25, -0.2) is 9.67 Å². The topological polar surface area (TPSA) is 82.0 Å². The van der Waals surface area contributed by atoms with Crippen LogP contribution >= 0.6 is 0 Å². The van der Waals surface area contributed by atoms with Gasteiger partial charge in [-0.2, -0.15) is 10.1 Å². The van der Waals surface area contributed by atoms with E-state index < -0.39 is 0 Å². The van der Waals surface area contributed by atoms with Crippen molar-refractivity contribution in [3.8, 4) is 5.82 Å². The van der Waals surface area contributed by atoms with E-state index in [2.05, 4.69) is 45.3 Å². The van der Waals surface area contributed by atoms with Crippen LogP contribution in [-0.4, -0.2) is 33.0 Å². The van der Waals surface area contributed by atoms with Gasteiger partial charge >= 0.3 is 0 Å². The van der Waals surface area contributed by atoms with Gasteiger partial charge in [0.25, 0.3) is 0 Å². The lowest BCUT2D eigenvalue weighted by Gasteiger charge is -2.51. The van der Waals surface area contributed by atoms with Crippen molar-refractivity contribution in [1.29, 1.82) is 0 Å². The fraction of sp³-hybridized carbons (Fsp3) is 0.474. The molecule has 25 heavy (non-hydrogen) atoms. The summed E-state index contributed by atoms with van der Waals surface area (Å²) < 4.78 is 1.88. The zero-order chi connectivity index (χ0) is 17.7. The largest absolute Gasteiger partial charge is 0.368 e. The Balaban J connectivity index is 1.89. The van der Waals surface area contributed by atoms with E-state index in [1.807, 2.05) is 30.9 Å². The van der Waals surface area contributed by atoms with Crippen molar-refractivity contribution in [2.75, 3.05) is 12.8 Å². The molecule has 2 aromatic heterocycles. The molecule has 0 amide bonds. The second-order valence-electron chi connectivity index (χ2n) is 7.49. The molecule has 0 radical (unpaired) electrons. The minimum Gasteiger partial charge on any atom is -0.368 e. The smallest absolute Gasteiger partial charge is 0.222 e. The molecule has 0 spiro atoms. The fourth-order valence-electron chi connectivity index (χ4n) is 4.22. The summed E-state index contributed by atoms with van der Waals surface area (Å²) in [5.74, 6) is 0.988. The van der Waals surface area contributed by atoms with Gasteiger partial charge in [0.15, 0.2) is 5.82 Å². The number of aryl methyl sites for hydroxylation is 1. The van der Waals surface area contributed by atoms with Gasteiger partial charge in [-0.3, -0.25) is 0 Å². The molecule has 1 fully saturated rings. The number of nitrogens with zero attached hydrogens (tertiary/aromatic N) is 5. The maximum Gasteiger partial charge on any atom is 0.222 e. The number of hydrogen-bond acceptors (Lipinski definition) is 5. The lowest BCUT2D eigenvalue weighted by Crippen LogP contribution is -2.49. The van der Waals surface area contributed by atoms with Crippen molar-refractivity contribution in [1.82, 2.24) is 19.7 Å². The highest BCUT2D eigenvalue weighted by molar-refractivity contribution is 5.72. The van der Waals surface area contributed by atoms with Gasteiger partial charge in [0.1, 0.15) is 0 Å². The fourth-order valence-corrected chi connectivity index (χ4v) is 4.22. The monoisotopic (exact) mass is 336 g/mol. The van der Waals surface area contributed by atoms with Gasteiger partial charge in [-0.1, -0.05) is 25.5 Å². The van der Waals surface area contributed by atoms with Crippen LogP contribution in [0.3, 0.4) is 0 Å². The SMILES string of the molecule is CN=CC1(C2(C)C=c3c(cnn3-c3cc(C)nc(N)n3)=CC2)CCC1. The standard InChI is InChI=1S/C19H24N6/c1-13-9-16(24-17(20)23-13)25-15-10-18(2,8-5-14(15)11-22-25)19(12-21-3)6-4-7-19/h5,9-12H,4,6-8H2,1-3H3,(H2,20,23,24). The number of rotatable bonds is 3. The number of fused-ring (bicyclic) bond motifs is 1. The van der Waals surface area contributed by atoms with Crippen LogP contribution in [0.5, 0.6) is 0 Å². The third kappa shape index (κ3) is 2.39. The number of anilines is 1. The highest BCUT2D eigenvalue weighted by Crippen LogP contribution is 2.56. The summed E-state index contributed by atoms with van der Waals surface area (Å²) in [4.78, 5) is 12.9. The molecular weight excluding hydrogens is 312 g/mol. The average Bonchev–Trinajstić information content (AvgIpc) is 2.92. The van der Waals surface area contributed by atoms with E-state index in [4.69, 9.17) is 5.73 Å². The van der Waals surface area contributed by atoms with Crippen molar-refractivity contribution >= 4 is 24.3 Å². The van der Waals surface area contributed by atoms with E-state index in [0.717, 1.165) is 22.7 Å². The molecule has 1 atom stereocenters. The Hall–Kier alpha value is -2.50. The second kappa shape index (κ2) is 5.51. The van der Waals surface area contributed by atoms with Crippen LogP contribution in [0.15, 0.2) is 17.3 Å². The van der Waals surface area contributed by atoms with E-state index >= 15 is 0 Å². The molecule has 1 unspecified atom stereocenters. The molecule has 2 aliphatic carbocycles. The first kappa shape index (κ1) is 16.0. The van der Waals surface area contributed by atoms with Gasteiger partial charge in [-0.05, 0) is 26.2 Å². The second-order valence-corrected chi connectivity index (χ2v) is 7.49. The molecule has 6 nitrogen and oxygen atoms in total. The van der Waals surface area contributed by atoms with Crippen LogP contribution in [0.2, 0.25) is 0 Å². The van der Waals surface area contributed by atoms with Gasteiger partial charge in [0.05, 0.1) is 11.5 Å². The number of nitrogens with two attached hydrogens (primary N) is 1. The van der Waals surface area contributed by atoms with Gasteiger partial charge < -0.3 is 10.7 Å². The maximum absolute atomic E-state index is 5.84. The maximum atomic E-state index is 5.84.